The van der Waals surface area contributed by atoms with Gasteiger partial charge >= 0.3 is 15.0 Å². The van der Waals surface area contributed by atoms with Gasteiger partial charge in [0.15, 0.2) is 11.1 Å². The minimum Gasteiger partial charge on any atom is -0.538 e. The van der Waals surface area contributed by atoms with Gasteiger partial charge in [-0.2, -0.15) is 8.42 Å². The van der Waals surface area contributed by atoms with Gasteiger partial charge in [0.2, 0.25) is 5.69 Å². The highest BCUT2D eigenvalue weighted by Crippen LogP contribution is 2.28. The summed E-state index contributed by atoms with van der Waals surface area (Å²) in [5.41, 5.74) is 1.64. The zero-order valence-corrected chi connectivity index (χ0v) is 17.7. The fraction of sp³-hybridized carbons (Fsp3) is 0.0556. The topological polar surface area (TPSA) is 121 Å². The Morgan fingerprint density at radius 1 is 1.17 bits per heavy atom. The average molecular weight is 465 g/mol. The smallest absolute Gasteiger partial charge is 0.373 e. The molecule has 0 saturated heterocycles. The molecule has 154 valence electrons. The highest BCUT2D eigenvalue weighted by molar-refractivity contribution is 7.92. The molecule has 2 aromatic heterocycles. The molecule has 2 heterocycles. The molecule has 0 bridgehead atoms. The number of thiazole rings is 1. The summed E-state index contributed by atoms with van der Waals surface area (Å²) in [4.78, 5) is 4.28. The van der Waals surface area contributed by atoms with Gasteiger partial charge in [-0.1, -0.05) is 11.6 Å². The van der Waals surface area contributed by atoms with Gasteiger partial charge in [-0.05, 0) is 41.1 Å². The molecule has 30 heavy (non-hydrogen) atoms. The van der Waals surface area contributed by atoms with Crippen molar-refractivity contribution >= 4 is 38.1 Å². The zero-order valence-electron chi connectivity index (χ0n) is 15.3. The number of ether oxygens (including phenoxy) is 1. The molecule has 9 nitrogen and oxygen atoms in total. The fourth-order valence-corrected chi connectivity index (χ4v) is 4.79. The normalized spacial score (nSPS) is 11.4. The van der Waals surface area contributed by atoms with E-state index in [9.17, 15) is 13.5 Å². The second kappa shape index (κ2) is 7.94. The van der Waals surface area contributed by atoms with Gasteiger partial charge in [-0.15, -0.1) is 11.3 Å². The second-order valence-corrected chi connectivity index (χ2v) is 8.82. The van der Waals surface area contributed by atoms with E-state index in [1.807, 2.05) is 0 Å². The van der Waals surface area contributed by atoms with Gasteiger partial charge < -0.3 is 14.4 Å². The first-order valence-electron chi connectivity index (χ1n) is 8.35. The lowest BCUT2D eigenvalue weighted by Crippen LogP contribution is -2.40. The lowest BCUT2D eigenvalue weighted by molar-refractivity contribution is -0.706. The first-order valence-corrected chi connectivity index (χ1v) is 11.1. The third kappa shape index (κ3) is 3.95. The molecule has 0 amide bonds. The Balaban J connectivity index is 1.63. The Morgan fingerprint density at radius 3 is 2.53 bits per heavy atom. The molecule has 0 spiro atoms. The van der Waals surface area contributed by atoms with Crippen molar-refractivity contribution in [3.63, 3.8) is 0 Å². The average Bonchev–Trinajstić information content (AvgIpc) is 3.35. The predicted molar refractivity (Wildman–Crippen MR) is 107 cm³/mol. The number of anilines is 1. The van der Waals surface area contributed by atoms with E-state index >= 15 is 0 Å². The Labute approximate surface area is 180 Å². The van der Waals surface area contributed by atoms with Gasteiger partial charge in [0.1, 0.15) is 5.75 Å². The molecule has 0 atom stereocenters. The number of sulfonamides is 1. The van der Waals surface area contributed by atoms with Gasteiger partial charge in [0.25, 0.3) is 0 Å². The molecular formula is C18H13ClN4O5S2. The number of aromatic nitrogens is 3. The van der Waals surface area contributed by atoms with Crippen LogP contribution in [0.15, 0.2) is 63.5 Å². The molecule has 0 radical (unpaired) electrons. The number of benzene rings is 2. The van der Waals surface area contributed by atoms with Crippen molar-refractivity contribution in [1.82, 2.24) is 10.3 Å². The van der Waals surface area contributed by atoms with Crippen LogP contribution in [0.3, 0.4) is 0 Å². The summed E-state index contributed by atoms with van der Waals surface area (Å²) >= 11 is 6.93. The molecule has 4 rings (SSSR count). The maximum absolute atomic E-state index is 12.9. The molecule has 0 fully saturated rings. The van der Waals surface area contributed by atoms with Crippen molar-refractivity contribution in [3.05, 3.63) is 58.9 Å². The minimum absolute atomic E-state index is 0.0871. The number of hydrogen-bond donors (Lipinski definition) is 1. The summed E-state index contributed by atoms with van der Waals surface area (Å²) < 4.78 is 38.6. The molecule has 0 unspecified atom stereocenters. The molecule has 0 aliphatic heterocycles. The van der Waals surface area contributed by atoms with Crippen molar-refractivity contribution in [2.24, 2.45) is 0 Å². The van der Waals surface area contributed by atoms with Crippen LogP contribution in [-0.2, 0) is 10.0 Å². The molecular weight excluding hydrogens is 452 g/mol. The van der Waals surface area contributed by atoms with Crippen LogP contribution in [0.25, 0.3) is 16.9 Å². The Kier molecular flexibility index (Phi) is 5.33. The van der Waals surface area contributed by atoms with Crippen LogP contribution >= 0.6 is 22.9 Å². The van der Waals surface area contributed by atoms with Crippen LogP contribution in [0.4, 0.5) is 5.13 Å². The van der Waals surface area contributed by atoms with E-state index in [-0.39, 0.29) is 5.13 Å². The summed E-state index contributed by atoms with van der Waals surface area (Å²) in [6.07, 6.45) is 0. The highest BCUT2D eigenvalue weighted by Gasteiger charge is 2.34. The Bertz CT molecular complexity index is 1290. The van der Waals surface area contributed by atoms with Gasteiger partial charge in [0, 0.05) is 28.1 Å². The number of halogens is 1. The van der Waals surface area contributed by atoms with Crippen LogP contribution < -0.4 is 19.2 Å². The zero-order chi connectivity index (χ0) is 21.3. The van der Waals surface area contributed by atoms with Gasteiger partial charge in [-0.25, -0.2) is 9.71 Å². The van der Waals surface area contributed by atoms with E-state index in [0.29, 0.717) is 22.2 Å². The number of rotatable bonds is 6. The third-order valence-electron chi connectivity index (χ3n) is 4.01. The lowest BCUT2D eigenvalue weighted by atomic mass is 10.2. The standard InChI is InChI=1S/C18H13ClN4O5S2/c1-27-14-8-2-11(3-9-14)15-10-29-18(20-15)21-30(25,26)16-17(24)28-22-23(16)13-6-4-12(19)5-7-13/h2-10H,1H3,(H-,20,21,22,24). The van der Waals surface area contributed by atoms with Crippen molar-refractivity contribution in [2.75, 3.05) is 11.8 Å². The third-order valence-corrected chi connectivity index (χ3v) is 6.46. The van der Waals surface area contributed by atoms with Gasteiger partial charge in [-0.3, -0.25) is 0 Å². The monoisotopic (exact) mass is 464 g/mol. The SMILES string of the molecule is COc1ccc(-c2csc(NS(=O)(=O)c3c([O-])on[n+]3-c3ccc(Cl)cc3)n2)cc1. The molecule has 4 aromatic rings. The quantitative estimate of drug-likeness (QED) is 0.435. The van der Waals surface area contributed by atoms with E-state index in [1.165, 1.54) is 24.3 Å². The van der Waals surface area contributed by atoms with E-state index in [1.54, 1.807) is 36.8 Å². The van der Waals surface area contributed by atoms with Crippen LogP contribution in [0, 0.1) is 0 Å². The van der Waals surface area contributed by atoms with Crippen molar-refractivity contribution in [2.45, 2.75) is 5.03 Å². The predicted octanol–water partition coefficient (Wildman–Crippen LogP) is 2.61. The van der Waals surface area contributed by atoms with Crippen LogP contribution in [0.5, 0.6) is 11.7 Å². The van der Waals surface area contributed by atoms with Crippen molar-refractivity contribution in [1.29, 1.82) is 0 Å². The Morgan fingerprint density at radius 2 is 1.87 bits per heavy atom. The van der Waals surface area contributed by atoms with E-state index in [2.05, 4.69) is 19.5 Å². The molecule has 12 heteroatoms. The molecule has 0 aliphatic carbocycles. The summed E-state index contributed by atoms with van der Waals surface area (Å²) in [5, 5.41) is 17.2. The molecule has 2 aromatic carbocycles. The molecule has 0 aliphatic rings. The molecule has 1 N–H and O–H groups in total. The first-order chi connectivity index (χ1) is 14.4. The Hall–Kier alpha value is -3.15. The number of nitrogens with one attached hydrogen (secondary N) is 1. The number of hydrogen-bond acceptors (Lipinski definition) is 8. The first kappa shape index (κ1) is 20.1. The summed E-state index contributed by atoms with van der Waals surface area (Å²) in [6.45, 7) is 0. The summed E-state index contributed by atoms with van der Waals surface area (Å²) in [7, 11) is -2.76. The largest absolute Gasteiger partial charge is 0.538 e. The maximum atomic E-state index is 12.9. The summed E-state index contributed by atoms with van der Waals surface area (Å²) in [6, 6.07) is 13.2. The number of nitrogens with zero attached hydrogens (tertiary/aromatic N) is 3. The van der Waals surface area contributed by atoms with Crippen molar-refractivity contribution < 1.29 is 27.5 Å². The van der Waals surface area contributed by atoms with Crippen LogP contribution in [-0.4, -0.2) is 25.8 Å². The van der Waals surface area contributed by atoms with Gasteiger partial charge in [0.05, 0.1) is 18.1 Å². The molecule has 0 saturated carbocycles. The van der Waals surface area contributed by atoms with Crippen LogP contribution in [0.1, 0.15) is 0 Å². The second-order valence-electron chi connectivity index (χ2n) is 5.93. The number of methoxy groups -OCH3 is 1. The fourth-order valence-electron chi connectivity index (χ4n) is 2.59. The van der Waals surface area contributed by atoms with Crippen LogP contribution in [0.2, 0.25) is 5.02 Å². The maximum Gasteiger partial charge on any atom is 0.373 e. The summed E-state index contributed by atoms with van der Waals surface area (Å²) in [5.74, 6) is -0.415. The van der Waals surface area contributed by atoms with E-state index in [4.69, 9.17) is 16.3 Å². The van der Waals surface area contributed by atoms with Crippen molar-refractivity contribution in [3.8, 4) is 28.6 Å². The van der Waals surface area contributed by atoms with E-state index < -0.39 is 21.0 Å². The minimum atomic E-state index is -4.33. The van der Waals surface area contributed by atoms with E-state index in [0.717, 1.165) is 21.6 Å². The lowest BCUT2D eigenvalue weighted by Gasteiger charge is -2.03. The highest BCUT2D eigenvalue weighted by atomic mass is 35.5.